The molecule has 0 unspecified atom stereocenters. The summed E-state index contributed by atoms with van der Waals surface area (Å²) in [6.45, 7) is 1.81. The molecule has 0 radical (unpaired) electrons. The molecule has 0 atom stereocenters. The van der Waals surface area contributed by atoms with Crippen molar-refractivity contribution in [2.45, 2.75) is 12.1 Å². The largest absolute Gasteiger partial charge is 0.481 e. The molecule has 0 bridgehead atoms. The van der Waals surface area contributed by atoms with Gasteiger partial charge in [-0.05, 0) is 30.8 Å². The molecule has 10 heteroatoms. The van der Waals surface area contributed by atoms with Crippen LogP contribution in [0.4, 0.5) is 11.5 Å². The number of hydrogen-bond donors (Lipinski definition) is 1. The Morgan fingerprint density at radius 3 is 2.60 bits per heavy atom. The number of ether oxygens (including phenoxy) is 1. The molecule has 3 aromatic heterocycles. The van der Waals surface area contributed by atoms with Crippen LogP contribution in [-0.4, -0.2) is 43.3 Å². The van der Waals surface area contributed by atoms with Crippen molar-refractivity contribution in [3.8, 4) is 17.3 Å². The summed E-state index contributed by atoms with van der Waals surface area (Å²) in [6.07, 6.45) is 5.11. The number of halogens is 1. The fourth-order valence-electron chi connectivity index (χ4n) is 2.00. The van der Waals surface area contributed by atoms with Gasteiger partial charge in [-0.1, -0.05) is 11.8 Å². The van der Waals surface area contributed by atoms with Gasteiger partial charge in [0.05, 0.1) is 24.6 Å². The minimum absolute atomic E-state index is 0.114. The lowest BCUT2D eigenvalue weighted by Gasteiger charge is -2.11. The number of anilines is 2. The molecule has 3 rings (SSSR count). The minimum Gasteiger partial charge on any atom is -0.481 e. The first-order valence-electron chi connectivity index (χ1n) is 7.15. The topological polar surface area (TPSA) is 98.6 Å². The van der Waals surface area contributed by atoms with Crippen molar-refractivity contribution in [2.24, 2.45) is 0 Å². The molecule has 0 aliphatic carbocycles. The quantitative estimate of drug-likeness (QED) is 0.532. The molecule has 0 amide bonds. The Morgan fingerprint density at radius 1 is 1.08 bits per heavy atom. The Morgan fingerprint density at radius 2 is 1.92 bits per heavy atom. The number of thioether (sulfide) groups is 1. The van der Waals surface area contributed by atoms with Gasteiger partial charge in [0.15, 0.2) is 11.0 Å². The first-order valence-corrected chi connectivity index (χ1v) is 8.76. The molecule has 0 spiro atoms. The Bertz CT molecular complexity index is 892. The molecule has 0 aliphatic rings. The maximum atomic E-state index is 5.95. The summed E-state index contributed by atoms with van der Waals surface area (Å²) < 4.78 is 5.06. The van der Waals surface area contributed by atoms with Gasteiger partial charge in [0.25, 0.3) is 0 Å². The molecule has 25 heavy (non-hydrogen) atoms. The van der Waals surface area contributed by atoms with E-state index >= 15 is 0 Å². The molecular weight excluding hydrogens is 362 g/mol. The molecule has 3 heterocycles. The molecule has 128 valence electrons. The molecule has 1 N–H and O–H groups in total. The van der Waals surface area contributed by atoms with Gasteiger partial charge in [0.2, 0.25) is 11.2 Å². The number of pyridine rings is 1. The maximum Gasteiger partial charge on any atom is 0.224 e. The van der Waals surface area contributed by atoms with Crippen LogP contribution >= 0.6 is 23.4 Å². The van der Waals surface area contributed by atoms with Gasteiger partial charge >= 0.3 is 0 Å². The van der Waals surface area contributed by atoms with E-state index in [0.29, 0.717) is 39.8 Å². The highest BCUT2D eigenvalue weighted by atomic mass is 35.5. The van der Waals surface area contributed by atoms with E-state index in [1.54, 1.807) is 25.6 Å². The average Bonchev–Trinajstić information content (AvgIpc) is 2.62. The summed E-state index contributed by atoms with van der Waals surface area (Å²) >= 11 is 7.39. The van der Waals surface area contributed by atoms with Gasteiger partial charge in [-0.15, -0.1) is 0 Å². The highest BCUT2D eigenvalue weighted by molar-refractivity contribution is 7.98. The molecular formula is C15H14ClN7OS. The van der Waals surface area contributed by atoms with E-state index in [1.807, 2.05) is 19.2 Å². The third kappa shape index (κ3) is 4.12. The number of nitrogens with zero attached hydrogens (tertiary/aromatic N) is 6. The summed E-state index contributed by atoms with van der Waals surface area (Å²) in [5, 5.41) is 3.89. The lowest BCUT2D eigenvalue weighted by molar-refractivity contribution is 0.398. The standard InChI is InChI=1S/C15H14ClN7OS/c1-8-19-12(23-15(20-8)25-3)10-7-18-14(16)22-13(10)21-9-4-5-11(24-2)17-6-9/h4-7H,1-3H3,(H,18,21,22). The van der Waals surface area contributed by atoms with Crippen LogP contribution < -0.4 is 10.1 Å². The van der Waals surface area contributed by atoms with Crippen molar-refractivity contribution in [3.63, 3.8) is 0 Å². The van der Waals surface area contributed by atoms with Crippen molar-refractivity contribution in [1.29, 1.82) is 0 Å². The van der Waals surface area contributed by atoms with Crippen LogP contribution in [0.5, 0.6) is 5.88 Å². The minimum atomic E-state index is 0.114. The van der Waals surface area contributed by atoms with Crippen LogP contribution in [0.1, 0.15) is 5.82 Å². The van der Waals surface area contributed by atoms with Gasteiger partial charge in [-0.2, -0.15) is 4.98 Å². The first kappa shape index (κ1) is 17.3. The fourth-order valence-corrected chi connectivity index (χ4v) is 2.53. The second-order valence-corrected chi connectivity index (χ2v) is 5.92. The van der Waals surface area contributed by atoms with Crippen molar-refractivity contribution in [3.05, 3.63) is 35.6 Å². The second kappa shape index (κ2) is 7.58. The van der Waals surface area contributed by atoms with E-state index in [-0.39, 0.29) is 5.28 Å². The van der Waals surface area contributed by atoms with Crippen molar-refractivity contribution < 1.29 is 4.74 Å². The summed E-state index contributed by atoms with van der Waals surface area (Å²) in [6, 6.07) is 3.56. The highest BCUT2D eigenvalue weighted by Gasteiger charge is 2.14. The smallest absolute Gasteiger partial charge is 0.224 e. The number of rotatable bonds is 5. The summed E-state index contributed by atoms with van der Waals surface area (Å²) in [5.41, 5.74) is 1.33. The van der Waals surface area contributed by atoms with Crippen LogP contribution in [0, 0.1) is 6.92 Å². The van der Waals surface area contributed by atoms with Gasteiger partial charge in [0, 0.05) is 12.3 Å². The van der Waals surface area contributed by atoms with E-state index in [9.17, 15) is 0 Å². The van der Waals surface area contributed by atoms with Crippen LogP contribution in [0.2, 0.25) is 5.28 Å². The zero-order valence-corrected chi connectivity index (χ0v) is 15.3. The lowest BCUT2D eigenvalue weighted by atomic mass is 10.2. The van der Waals surface area contributed by atoms with Gasteiger partial charge in [-0.3, -0.25) is 0 Å². The third-order valence-corrected chi connectivity index (χ3v) is 3.85. The Balaban J connectivity index is 2.01. The van der Waals surface area contributed by atoms with Gasteiger partial charge in [-0.25, -0.2) is 24.9 Å². The molecule has 8 nitrogen and oxygen atoms in total. The van der Waals surface area contributed by atoms with E-state index in [1.165, 1.54) is 11.8 Å². The maximum absolute atomic E-state index is 5.95. The van der Waals surface area contributed by atoms with Crippen molar-refractivity contribution >= 4 is 34.9 Å². The zero-order valence-electron chi connectivity index (χ0n) is 13.7. The highest BCUT2D eigenvalue weighted by Crippen LogP contribution is 2.28. The predicted octanol–water partition coefficient (Wildman–Crippen LogP) is 3.16. The molecule has 0 saturated carbocycles. The van der Waals surface area contributed by atoms with E-state index in [4.69, 9.17) is 16.3 Å². The number of nitrogens with one attached hydrogen (secondary N) is 1. The molecule has 0 aromatic carbocycles. The van der Waals surface area contributed by atoms with Gasteiger partial charge in [0.1, 0.15) is 11.6 Å². The van der Waals surface area contributed by atoms with Crippen LogP contribution in [0.15, 0.2) is 29.7 Å². The molecule has 0 aliphatic heterocycles. The Hall–Kier alpha value is -2.52. The number of methoxy groups -OCH3 is 1. The fraction of sp³-hybridized carbons (Fsp3) is 0.200. The monoisotopic (exact) mass is 375 g/mol. The molecule has 3 aromatic rings. The molecule has 0 saturated heterocycles. The third-order valence-electron chi connectivity index (χ3n) is 3.12. The summed E-state index contributed by atoms with van der Waals surface area (Å²) in [4.78, 5) is 25.5. The number of hydrogen-bond acceptors (Lipinski definition) is 9. The second-order valence-electron chi connectivity index (χ2n) is 4.81. The van der Waals surface area contributed by atoms with Gasteiger partial charge < -0.3 is 10.1 Å². The number of aryl methyl sites for hydroxylation is 1. The Labute approximate surface area is 153 Å². The van der Waals surface area contributed by atoms with E-state index in [0.717, 1.165) is 0 Å². The van der Waals surface area contributed by atoms with Crippen LogP contribution in [0.3, 0.4) is 0 Å². The van der Waals surface area contributed by atoms with E-state index in [2.05, 4.69) is 35.2 Å². The summed E-state index contributed by atoms with van der Waals surface area (Å²) in [7, 11) is 1.56. The first-order chi connectivity index (χ1) is 12.1. The van der Waals surface area contributed by atoms with Crippen LogP contribution in [0.25, 0.3) is 11.4 Å². The Kier molecular flexibility index (Phi) is 5.25. The van der Waals surface area contributed by atoms with Crippen LogP contribution in [-0.2, 0) is 0 Å². The molecule has 0 fully saturated rings. The average molecular weight is 376 g/mol. The zero-order chi connectivity index (χ0) is 17.8. The summed E-state index contributed by atoms with van der Waals surface area (Å²) in [5.74, 6) is 2.08. The van der Waals surface area contributed by atoms with Crippen molar-refractivity contribution in [2.75, 3.05) is 18.7 Å². The van der Waals surface area contributed by atoms with E-state index < -0.39 is 0 Å². The number of aromatic nitrogens is 6. The normalized spacial score (nSPS) is 10.6. The lowest BCUT2D eigenvalue weighted by Crippen LogP contribution is -2.03. The van der Waals surface area contributed by atoms with Crippen molar-refractivity contribution in [1.82, 2.24) is 29.9 Å². The SMILES string of the molecule is COc1ccc(Nc2nc(Cl)ncc2-c2nc(C)nc(SC)n2)cn1. The predicted molar refractivity (Wildman–Crippen MR) is 96.5 cm³/mol.